The minimum atomic E-state index is -0.657. The number of aliphatic hydroxyl groups is 1. The number of ether oxygens (including phenoxy) is 1. The number of hydrogen-bond donors (Lipinski definition) is 2. The Bertz CT molecular complexity index is 190. The number of hydrogen-bond acceptors (Lipinski definition) is 5. The molecular weight excluding hydrogens is 226 g/mol. The molecule has 96 valence electrons. The first-order valence-corrected chi connectivity index (χ1v) is 7.05. The fraction of sp³-hybridized carbons (Fsp3) is 0.909. The van der Waals surface area contributed by atoms with Crippen molar-refractivity contribution in [2.45, 2.75) is 38.8 Å². The zero-order chi connectivity index (χ0) is 12.4. The van der Waals surface area contributed by atoms with Gasteiger partial charge in [0.1, 0.15) is 0 Å². The van der Waals surface area contributed by atoms with Crippen molar-refractivity contribution >= 4 is 17.7 Å². The molecular formula is C11H23NO3S. The van der Waals surface area contributed by atoms with Crippen LogP contribution in [0.1, 0.15) is 26.7 Å². The molecule has 5 heteroatoms. The maximum atomic E-state index is 11.1. The second kappa shape index (κ2) is 9.93. The normalized spacial score (nSPS) is 14.5. The van der Waals surface area contributed by atoms with Gasteiger partial charge in [0.05, 0.1) is 19.1 Å². The molecule has 0 rings (SSSR count). The molecule has 0 bridgehead atoms. The molecule has 2 N–H and O–H groups in total. The minimum Gasteiger partial charge on any atom is -0.466 e. The fourth-order valence-electron chi connectivity index (χ4n) is 1.22. The third-order valence-corrected chi connectivity index (χ3v) is 2.81. The van der Waals surface area contributed by atoms with E-state index < -0.39 is 6.10 Å². The predicted octanol–water partition coefficient (Wildman–Crippen LogP) is 1.03. The Morgan fingerprint density at radius 3 is 2.81 bits per heavy atom. The van der Waals surface area contributed by atoms with Crippen molar-refractivity contribution in [1.82, 2.24) is 5.32 Å². The number of carbonyl (C=O) groups is 1. The lowest BCUT2D eigenvalue weighted by Crippen LogP contribution is -2.35. The lowest BCUT2D eigenvalue weighted by Gasteiger charge is -2.16. The smallest absolute Gasteiger partial charge is 0.308 e. The van der Waals surface area contributed by atoms with Gasteiger partial charge in [-0.05, 0) is 32.3 Å². The average molecular weight is 249 g/mol. The Kier molecular flexibility index (Phi) is 9.77. The summed E-state index contributed by atoms with van der Waals surface area (Å²) in [7, 11) is 0. The first kappa shape index (κ1) is 15.7. The van der Waals surface area contributed by atoms with E-state index in [9.17, 15) is 9.90 Å². The van der Waals surface area contributed by atoms with Gasteiger partial charge in [-0.2, -0.15) is 11.8 Å². The molecule has 0 aromatic rings. The number of rotatable bonds is 9. The van der Waals surface area contributed by atoms with Gasteiger partial charge in [0.15, 0.2) is 0 Å². The summed E-state index contributed by atoms with van der Waals surface area (Å²) in [5.74, 6) is 0.760. The molecule has 4 nitrogen and oxygen atoms in total. The van der Waals surface area contributed by atoms with Gasteiger partial charge in [-0.25, -0.2) is 0 Å². The largest absolute Gasteiger partial charge is 0.466 e. The summed E-state index contributed by atoms with van der Waals surface area (Å²) < 4.78 is 4.75. The molecule has 0 aliphatic carbocycles. The van der Waals surface area contributed by atoms with Gasteiger partial charge in [-0.1, -0.05) is 0 Å². The Balaban J connectivity index is 3.55. The number of aliphatic hydroxyl groups excluding tert-OH is 1. The standard InChI is InChI=1S/C11H23NO3S/c1-4-15-11(14)7-10(13)8-12-9(2)5-6-16-3/h9-10,12-13H,4-8H2,1-3H3. The average Bonchev–Trinajstić information content (AvgIpc) is 2.23. The summed E-state index contributed by atoms with van der Waals surface area (Å²) in [5, 5.41) is 12.7. The van der Waals surface area contributed by atoms with Crippen molar-refractivity contribution in [1.29, 1.82) is 0 Å². The quantitative estimate of drug-likeness (QED) is 0.598. The maximum Gasteiger partial charge on any atom is 0.308 e. The SMILES string of the molecule is CCOC(=O)CC(O)CNC(C)CCSC. The first-order valence-electron chi connectivity index (χ1n) is 5.66. The zero-order valence-electron chi connectivity index (χ0n) is 10.4. The van der Waals surface area contributed by atoms with Crippen molar-refractivity contribution in [3.8, 4) is 0 Å². The van der Waals surface area contributed by atoms with Crippen LogP contribution >= 0.6 is 11.8 Å². The van der Waals surface area contributed by atoms with E-state index in [1.54, 1.807) is 18.7 Å². The summed E-state index contributed by atoms with van der Waals surface area (Å²) in [4.78, 5) is 11.1. The maximum absolute atomic E-state index is 11.1. The van der Waals surface area contributed by atoms with Gasteiger partial charge >= 0.3 is 5.97 Å². The highest BCUT2D eigenvalue weighted by Crippen LogP contribution is 2.00. The van der Waals surface area contributed by atoms with Crippen LogP contribution in [0.15, 0.2) is 0 Å². The predicted molar refractivity (Wildman–Crippen MR) is 67.7 cm³/mol. The molecule has 2 atom stereocenters. The molecule has 0 saturated heterocycles. The van der Waals surface area contributed by atoms with Crippen LogP contribution in [0.2, 0.25) is 0 Å². The second-order valence-electron chi connectivity index (χ2n) is 3.75. The monoisotopic (exact) mass is 249 g/mol. The van der Waals surface area contributed by atoms with Crippen LogP contribution in [0, 0.1) is 0 Å². The van der Waals surface area contributed by atoms with Gasteiger partial charge in [0.2, 0.25) is 0 Å². The van der Waals surface area contributed by atoms with E-state index in [0.717, 1.165) is 12.2 Å². The van der Waals surface area contributed by atoms with Crippen molar-refractivity contribution in [3.05, 3.63) is 0 Å². The van der Waals surface area contributed by atoms with Crippen LogP contribution in [0.4, 0.5) is 0 Å². The molecule has 0 amide bonds. The van der Waals surface area contributed by atoms with Crippen LogP contribution in [0.3, 0.4) is 0 Å². The Morgan fingerprint density at radius 1 is 1.56 bits per heavy atom. The molecule has 0 aromatic heterocycles. The fourth-order valence-corrected chi connectivity index (χ4v) is 1.81. The van der Waals surface area contributed by atoms with E-state index in [0.29, 0.717) is 19.2 Å². The van der Waals surface area contributed by atoms with E-state index in [1.807, 2.05) is 0 Å². The molecule has 0 aromatic carbocycles. The number of nitrogens with one attached hydrogen (secondary N) is 1. The van der Waals surface area contributed by atoms with E-state index >= 15 is 0 Å². The Hall–Kier alpha value is -0.260. The number of esters is 1. The summed E-state index contributed by atoms with van der Waals surface area (Å²) >= 11 is 1.80. The molecule has 0 fully saturated rings. The van der Waals surface area contributed by atoms with Crippen LogP contribution in [0.25, 0.3) is 0 Å². The minimum absolute atomic E-state index is 0.0656. The van der Waals surface area contributed by atoms with E-state index in [-0.39, 0.29) is 12.4 Å². The van der Waals surface area contributed by atoms with Gasteiger partial charge in [-0.15, -0.1) is 0 Å². The van der Waals surface area contributed by atoms with Crippen LogP contribution < -0.4 is 5.32 Å². The molecule has 0 aliphatic rings. The molecule has 0 saturated carbocycles. The highest BCUT2D eigenvalue weighted by molar-refractivity contribution is 7.98. The molecule has 0 heterocycles. The molecule has 0 radical (unpaired) electrons. The number of carbonyl (C=O) groups excluding carboxylic acids is 1. The van der Waals surface area contributed by atoms with Crippen molar-refractivity contribution < 1.29 is 14.6 Å². The van der Waals surface area contributed by atoms with Crippen LogP contribution in [-0.2, 0) is 9.53 Å². The Morgan fingerprint density at radius 2 is 2.25 bits per heavy atom. The van der Waals surface area contributed by atoms with Crippen molar-refractivity contribution in [3.63, 3.8) is 0 Å². The van der Waals surface area contributed by atoms with Crippen LogP contribution in [0.5, 0.6) is 0 Å². The van der Waals surface area contributed by atoms with E-state index in [4.69, 9.17) is 4.74 Å². The lowest BCUT2D eigenvalue weighted by molar-refractivity contribution is -0.145. The molecule has 0 aliphatic heterocycles. The summed E-state index contributed by atoms with van der Waals surface area (Å²) in [5.41, 5.74) is 0. The second-order valence-corrected chi connectivity index (χ2v) is 4.74. The molecule has 16 heavy (non-hydrogen) atoms. The first-order chi connectivity index (χ1) is 7.60. The van der Waals surface area contributed by atoms with Gasteiger partial charge in [0.25, 0.3) is 0 Å². The van der Waals surface area contributed by atoms with E-state index in [1.165, 1.54) is 0 Å². The zero-order valence-corrected chi connectivity index (χ0v) is 11.2. The molecule has 0 spiro atoms. The third kappa shape index (κ3) is 9.00. The Labute approximate surface area is 102 Å². The summed E-state index contributed by atoms with van der Waals surface area (Å²) in [6, 6.07) is 0.365. The van der Waals surface area contributed by atoms with Crippen molar-refractivity contribution in [2.75, 3.05) is 25.2 Å². The molecule has 2 unspecified atom stereocenters. The lowest BCUT2D eigenvalue weighted by atomic mass is 10.2. The highest BCUT2D eigenvalue weighted by Gasteiger charge is 2.12. The summed E-state index contributed by atoms with van der Waals surface area (Å²) in [6.45, 7) is 4.64. The topological polar surface area (TPSA) is 58.6 Å². The number of thioether (sulfide) groups is 1. The van der Waals surface area contributed by atoms with E-state index in [2.05, 4.69) is 18.5 Å². The van der Waals surface area contributed by atoms with Gasteiger partial charge < -0.3 is 15.2 Å². The highest BCUT2D eigenvalue weighted by atomic mass is 32.2. The third-order valence-electron chi connectivity index (χ3n) is 2.16. The van der Waals surface area contributed by atoms with Gasteiger partial charge in [-0.3, -0.25) is 4.79 Å². The van der Waals surface area contributed by atoms with Crippen LogP contribution in [-0.4, -0.2) is 48.4 Å². The van der Waals surface area contributed by atoms with Gasteiger partial charge in [0, 0.05) is 12.6 Å². The van der Waals surface area contributed by atoms with Crippen molar-refractivity contribution in [2.24, 2.45) is 0 Å². The summed E-state index contributed by atoms with van der Waals surface area (Å²) in [6.07, 6.45) is 2.54.